The Labute approximate surface area is 177 Å². The fourth-order valence-electron chi connectivity index (χ4n) is 2.76. The molecule has 0 unspecified atom stereocenters. The molecule has 2 aromatic rings. The van der Waals surface area contributed by atoms with Crippen LogP contribution >= 0.6 is 11.8 Å². The van der Waals surface area contributed by atoms with Gasteiger partial charge in [0.15, 0.2) is 5.16 Å². The van der Waals surface area contributed by atoms with E-state index < -0.39 is 10.0 Å². The van der Waals surface area contributed by atoms with Crippen molar-refractivity contribution in [3.63, 3.8) is 0 Å². The summed E-state index contributed by atoms with van der Waals surface area (Å²) >= 11 is 1.57. The van der Waals surface area contributed by atoms with Gasteiger partial charge in [0.1, 0.15) is 5.82 Å². The highest BCUT2D eigenvalue weighted by Gasteiger charge is 2.18. The van der Waals surface area contributed by atoms with Gasteiger partial charge in [-0.25, -0.2) is 12.7 Å². The van der Waals surface area contributed by atoms with E-state index in [4.69, 9.17) is 0 Å². The van der Waals surface area contributed by atoms with Crippen LogP contribution in [0.4, 0.5) is 0 Å². The van der Waals surface area contributed by atoms with E-state index in [1.807, 2.05) is 6.26 Å². The van der Waals surface area contributed by atoms with Crippen molar-refractivity contribution in [1.29, 1.82) is 0 Å². The Hall–Kier alpha value is -1.91. The molecule has 0 saturated carbocycles. The third-order valence-electron chi connectivity index (χ3n) is 4.26. The highest BCUT2D eigenvalue weighted by molar-refractivity contribution is 7.98. The number of amides is 1. The summed E-state index contributed by atoms with van der Waals surface area (Å²) in [4.78, 5) is 12.5. The predicted octanol–water partition coefficient (Wildman–Crippen LogP) is 2.27. The molecule has 0 radical (unpaired) electrons. The zero-order valence-electron chi connectivity index (χ0n) is 17.5. The van der Waals surface area contributed by atoms with Crippen molar-refractivity contribution in [2.45, 2.75) is 43.3 Å². The number of rotatable bonds is 10. The van der Waals surface area contributed by atoms with E-state index >= 15 is 0 Å². The van der Waals surface area contributed by atoms with Crippen LogP contribution in [0.2, 0.25) is 0 Å². The number of benzene rings is 1. The molecule has 0 atom stereocenters. The summed E-state index contributed by atoms with van der Waals surface area (Å²) in [6.07, 6.45) is 3.40. The summed E-state index contributed by atoms with van der Waals surface area (Å²) in [5.41, 5.74) is 0.320. The number of carbonyl (C=O) groups excluding carboxylic acids is 1. The summed E-state index contributed by atoms with van der Waals surface area (Å²) in [5.74, 6) is 1.10. The Bertz CT molecular complexity index is 939. The molecular weight excluding hydrogens is 410 g/mol. The van der Waals surface area contributed by atoms with Crippen LogP contribution in [0, 0.1) is 5.92 Å². The lowest BCUT2D eigenvalue weighted by Crippen LogP contribution is -2.26. The van der Waals surface area contributed by atoms with Crippen molar-refractivity contribution in [2.24, 2.45) is 5.92 Å². The standard InChI is InChI=1S/C19H29N5O3S2/c1-14(2)13-24-17(21-22-19(24)28-5)10-7-11-20-18(25)15-8-6-9-16(12-15)29(26,27)23(3)4/h6,8-9,12,14H,7,10-11,13H2,1-5H3,(H,20,25). The van der Waals surface area contributed by atoms with Crippen molar-refractivity contribution in [2.75, 3.05) is 26.9 Å². The minimum Gasteiger partial charge on any atom is -0.352 e. The van der Waals surface area contributed by atoms with Crippen LogP contribution in [-0.2, 0) is 23.0 Å². The number of hydrogen-bond acceptors (Lipinski definition) is 6. The van der Waals surface area contributed by atoms with Gasteiger partial charge in [0, 0.05) is 39.2 Å². The van der Waals surface area contributed by atoms with Crippen LogP contribution in [0.3, 0.4) is 0 Å². The van der Waals surface area contributed by atoms with Gasteiger partial charge in [-0.3, -0.25) is 4.79 Å². The van der Waals surface area contributed by atoms with E-state index in [1.165, 1.54) is 26.2 Å². The fraction of sp³-hybridized carbons (Fsp3) is 0.526. The number of thioether (sulfide) groups is 1. The summed E-state index contributed by atoms with van der Waals surface area (Å²) in [6, 6.07) is 6.06. The maximum Gasteiger partial charge on any atom is 0.251 e. The van der Waals surface area contributed by atoms with Gasteiger partial charge in [0.25, 0.3) is 5.91 Å². The smallest absolute Gasteiger partial charge is 0.251 e. The first-order chi connectivity index (χ1) is 13.7. The first kappa shape index (κ1) is 23.4. The van der Waals surface area contributed by atoms with Gasteiger partial charge in [0.05, 0.1) is 4.90 Å². The minimum absolute atomic E-state index is 0.0986. The van der Waals surface area contributed by atoms with Gasteiger partial charge in [-0.2, -0.15) is 0 Å². The van der Waals surface area contributed by atoms with Gasteiger partial charge in [-0.15, -0.1) is 10.2 Å². The van der Waals surface area contributed by atoms with Gasteiger partial charge in [-0.1, -0.05) is 31.7 Å². The highest BCUT2D eigenvalue weighted by atomic mass is 32.2. The average Bonchev–Trinajstić information content (AvgIpc) is 3.05. The molecule has 2 rings (SSSR count). The van der Waals surface area contributed by atoms with Crippen molar-refractivity contribution in [3.05, 3.63) is 35.7 Å². The second-order valence-electron chi connectivity index (χ2n) is 7.28. The largest absolute Gasteiger partial charge is 0.352 e. The molecule has 160 valence electrons. The topological polar surface area (TPSA) is 97.2 Å². The number of sulfonamides is 1. The number of hydrogen-bond donors (Lipinski definition) is 1. The molecule has 1 aromatic carbocycles. The lowest BCUT2D eigenvalue weighted by Gasteiger charge is -2.13. The minimum atomic E-state index is -3.58. The molecule has 8 nitrogen and oxygen atoms in total. The maximum absolute atomic E-state index is 12.4. The predicted molar refractivity (Wildman–Crippen MR) is 115 cm³/mol. The van der Waals surface area contributed by atoms with E-state index in [-0.39, 0.29) is 10.8 Å². The van der Waals surface area contributed by atoms with E-state index in [0.29, 0.717) is 30.9 Å². The quantitative estimate of drug-likeness (QED) is 0.451. The third kappa shape index (κ3) is 6.03. The molecule has 0 aliphatic rings. The van der Waals surface area contributed by atoms with Gasteiger partial charge in [0.2, 0.25) is 10.0 Å². The van der Waals surface area contributed by atoms with E-state index in [0.717, 1.165) is 21.8 Å². The molecule has 0 aliphatic heterocycles. The Morgan fingerprint density at radius 3 is 2.62 bits per heavy atom. The first-order valence-electron chi connectivity index (χ1n) is 9.43. The second kappa shape index (κ2) is 10.2. The second-order valence-corrected chi connectivity index (χ2v) is 10.2. The van der Waals surface area contributed by atoms with Crippen molar-refractivity contribution < 1.29 is 13.2 Å². The molecule has 0 spiro atoms. The highest BCUT2D eigenvalue weighted by Crippen LogP contribution is 2.17. The zero-order chi connectivity index (χ0) is 21.6. The molecule has 1 heterocycles. The molecule has 0 bridgehead atoms. The van der Waals surface area contributed by atoms with Crippen LogP contribution in [0.25, 0.3) is 0 Å². The molecule has 10 heteroatoms. The first-order valence-corrected chi connectivity index (χ1v) is 12.1. The summed E-state index contributed by atoms with van der Waals surface area (Å²) in [5, 5.41) is 12.2. The van der Waals surface area contributed by atoms with Crippen LogP contribution in [0.15, 0.2) is 34.3 Å². The van der Waals surface area contributed by atoms with E-state index in [2.05, 4.69) is 33.9 Å². The molecule has 29 heavy (non-hydrogen) atoms. The van der Waals surface area contributed by atoms with Gasteiger partial charge < -0.3 is 9.88 Å². The Morgan fingerprint density at radius 1 is 1.28 bits per heavy atom. The zero-order valence-corrected chi connectivity index (χ0v) is 19.2. The molecule has 0 aliphatic carbocycles. The Kier molecular flexibility index (Phi) is 8.23. The number of nitrogens with one attached hydrogen (secondary N) is 1. The summed E-state index contributed by atoms with van der Waals surface area (Å²) in [6.45, 7) is 5.63. The molecule has 0 saturated heterocycles. The average molecular weight is 440 g/mol. The molecular formula is C19H29N5O3S2. The van der Waals surface area contributed by atoms with Crippen LogP contribution in [-0.4, -0.2) is 60.3 Å². The SMILES string of the molecule is CSc1nnc(CCCNC(=O)c2cccc(S(=O)(=O)N(C)C)c2)n1CC(C)C. The maximum atomic E-state index is 12.4. The van der Waals surface area contributed by atoms with Gasteiger partial charge in [-0.05, 0) is 36.8 Å². The van der Waals surface area contributed by atoms with E-state index in [9.17, 15) is 13.2 Å². The van der Waals surface area contributed by atoms with Gasteiger partial charge >= 0.3 is 0 Å². The number of nitrogens with zero attached hydrogens (tertiary/aromatic N) is 4. The van der Waals surface area contributed by atoms with Crippen molar-refractivity contribution in [3.8, 4) is 0 Å². The fourth-order valence-corrected chi connectivity index (χ4v) is 4.23. The normalized spacial score (nSPS) is 12.0. The van der Waals surface area contributed by atoms with Crippen LogP contribution in [0.5, 0.6) is 0 Å². The van der Waals surface area contributed by atoms with Crippen molar-refractivity contribution in [1.82, 2.24) is 24.4 Å². The van der Waals surface area contributed by atoms with Crippen LogP contribution < -0.4 is 5.32 Å². The Balaban J connectivity index is 1.95. The number of aromatic nitrogens is 3. The molecule has 0 fully saturated rings. The molecule has 1 N–H and O–H groups in total. The summed E-state index contributed by atoms with van der Waals surface area (Å²) in [7, 11) is -0.654. The summed E-state index contributed by atoms with van der Waals surface area (Å²) < 4.78 is 27.7. The van der Waals surface area contributed by atoms with Crippen LogP contribution in [0.1, 0.15) is 36.5 Å². The monoisotopic (exact) mass is 439 g/mol. The van der Waals surface area contributed by atoms with E-state index in [1.54, 1.807) is 23.9 Å². The third-order valence-corrected chi connectivity index (χ3v) is 6.74. The Morgan fingerprint density at radius 2 is 2.00 bits per heavy atom. The van der Waals surface area contributed by atoms with Crippen molar-refractivity contribution >= 4 is 27.7 Å². The molecule has 1 aromatic heterocycles. The number of aryl methyl sites for hydroxylation is 1. The number of carbonyl (C=O) groups is 1. The molecule has 1 amide bonds. The lowest BCUT2D eigenvalue weighted by atomic mass is 10.2. The lowest BCUT2D eigenvalue weighted by molar-refractivity contribution is 0.0953.